The van der Waals surface area contributed by atoms with Gasteiger partial charge >= 0.3 is 5.97 Å². The van der Waals surface area contributed by atoms with Gasteiger partial charge in [0.1, 0.15) is 5.75 Å². The predicted octanol–water partition coefficient (Wildman–Crippen LogP) is 5.22. The van der Waals surface area contributed by atoms with E-state index in [0.717, 1.165) is 56.5 Å². The molecule has 0 atom stereocenters. The molecule has 2 aromatic rings. The summed E-state index contributed by atoms with van der Waals surface area (Å²) in [6.07, 6.45) is 11.4. The highest BCUT2D eigenvalue weighted by Gasteiger charge is 2.28. The summed E-state index contributed by atoms with van der Waals surface area (Å²) in [5.41, 5.74) is 0.343. The summed E-state index contributed by atoms with van der Waals surface area (Å²) in [6.45, 7) is 7.63. The Kier molecular flexibility index (Phi) is 10.8. The van der Waals surface area contributed by atoms with E-state index in [2.05, 4.69) is 10.3 Å². The minimum absolute atomic E-state index is 0.0232. The fraction of sp³-hybridized carbons (Fsp3) is 0.560. The number of imidazole rings is 1. The van der Waals surface area contributed by atoms with E-state index in [9.17, 15) is 9.59 Å². The zero-order chi connectivity index (χ0) is 23.2. The second-order valence-corrected chi connectivity index (χ2v) is 8.59. The first-order valence-electron chi connectivity index (χ1n) is 11.6. The molecule has 176 valence electrons. The average molecular weight is 444 g/mol. The summed E-state index contributed by atoms with van der Waals surface area (Å²) >= 11 is 0. The number of hydrogen-bond acceptors (Lipinski definition) is 5. The van der Waals surface area contributed by atoms with E-state index >= 15 is 0 Å². The van der Waals surface area contributed by atoms with Gasteiger partial charge in [-0.15, -0.1) is 0 Å². The maximum Gasteiger partial charge on any atom is 0.311 e. The molecule has 0 saturated heterocycles. The lowest BCUT2D eigenvalue weighted by Gasteiger charge is -2.21. The van der Waals surface area contributed by atoms with Gasteiger partial charge in [0, 0.05) is 31.0 Å². The minimum atomic E-state index is -0.433. The molecular weight excluding hydrogens is 406 g/mol. The zero-order valence-electron chi connectivity index (χ0n) is 19.6. The highest BCUT2D eigenvalue weighted by Crippen LogP contribution is 2.25. The van der Waals surface area contributed by atoms with Gasteiger partial charge in [0.2, 0.25) is 5.91 Å². The number of hydrogen-bond donors (Lipinski definition) is 1. The summed E-state index contributed by atoms with van der Waals surface area (Å²) in [5.74, 6) is 0.683. The Morgan fingerprint density at radius 3 is 2.53 bits per heavy atom. The number of benzene rings is 1. The molecule has 1 heterocycles. The number of anilines is 1. The largest absolute Gasteiger partial charge is 0.494 e. The third kappa shape index (κ3) is 9.54. The lowest BCUT2D eigenvalue weighted by Crippen LogP contribution is -2.26. The molecule has 1 aromatic heterocycles. The van der Waals surface area contributed by atoms with E-state index in [1.165, 1.54) is 0 Å². The van der Waals surface area contributed by atoms with Crippen LogP contribution >= 0.6 is 0 Å². The van der Waals surface area contributed by atoms with Crippen molar-refractivity contribution < 1.29 is 19.1 Å². The number of carbonyl (C=O) groups is 2. The Morgan fingerprint density at radius 2 is 1.84 bits per heavy atom. The van der Waals surface area contributed by atoms with E-state index in [-0.39, 0.29) is 11.9 Å². The third-order valence-corrected chi connectivity index (χ3v) is 5.31. The van der Waals surface area contributed by atoms with Crippen molar-refractivity contribution in [2.24, 2.45) is 5.41 Å². The van der Waals surface area contributed by atoms with Gasteiger partial charge < -0.3 is 19.4 Å². The van der Waals surface area contributed by atoms with E-state index in [0.29, 0.717) is 19.6 Å². The molecule has 2 rings (SSSR count). The summed E-state index contributed by atoms with van der Waals surface area (Å²) in [5, 5.41) is 2.93. The number of rotatable bonds is 15. The number of nitrogens with one attached hydrogen (secondary N) is 1. The fourth-order valence-electron chi connectivity index (χ4n) is 3.32. The number of carbonyl (C=O) groups excluding carboxylic acids is 2. The smallest absolute Gasteiger partial charge is 0.311 e. The molecule has 0 radical (unpaired) electrons. The minimum Gasteiger partial charge on any atom is -0.494 e. The first kappa shape index (κ1) is 25.4. The first-order chi connectivity index (χ1) is 15.4. The van der Waals surface area contributed by atoms with Crippen molar-refractivity contribution in [3.8, 4) is 5.75 Å². The van der Waals surface area contributed by atoms with E-state index in [1.807, 2.05) is 55.8 Å². The van der Waals surface area contributed by atoms with Gasteiger partial charge in [-0.05, 0) is 70.7 Å². The van der Waals surface area contributed by atoms with Gasteiger partial charge in [-0.25, -0.2) is 4.98 Å². The molecule has 0 bridgehead atoms. The van der Waals surface area contributed by atoms with Crippen molar-refractivity contribution in [3.05, 3.63) is 43.0 Å². The molecule has 0 fully saturated rings. The predicted molar refractivity (Wildman–Crippen MR) is 126 cm³/mol. The van der Waals surface area contributed by atoms with Crippen LogP contribution in [-0.4, -0.2) is 34.6 Å². The number of unbranched alkanes of at least 4 members (excludes halogenated alkanes) is 3. The Bertz CT molecular complexity index is 801. The maximum atomic E-state index is 12.1. The third-order valence-electron chi connectivity index (χ3n) is 5.31. The van der Waals surface area contributed by atoms with Gasteiger partial charge in [-0.3, -0.25) is 9.59 Å². The summed E-state index contributed by atoms with van der Waals surface area (Å²) in [7, 11) is 0. The number of nitrogens with zero attached hydrogens (tertiary/aromatic N) is 2. The van der Waals surface area contributed by atoms with Crippen molar-refractivity contribution in [3.63, 3.8) is 0 Å². The zero-order valence-corrected chi connectivity index (χ0v) is 19.6. The van der Waals surface area contributed by atoms with Crippen LogP contribution in [0.4, 0.5) is 5.69 Å². The summed E-state index contributed by atoms with van der Waals surface area (Å²) in [6, 6.07) is 7.47. The molecule has 0 aliphatic carbocycles. The molecule has 32 heavy (non-hydrogen) atoms. The van der Waals surface area contributed by atoms with Crippen LogP contribution in [0.5, 0.6) is 5.75 Å². The lowest BCUT2D eigenvalue weighted by atomic mass is 9.87. The fourth-order valence-corrected chi connectivity index (χ4v) is 3.32. The highest BCUT2D eigenvalue weighted by atomic mass is 16.5. The van der Waals surface area contributed by atoms with Crippen LogP contribution in [-0.2, 0) is 20.9 Å². The normalized spacial score (nSPS) is 11.2. The summed E-state index contributed by atoms with van der Waals surface area (Å²) < 4.78 is 12.9. The molecule has 0 unspecified atom stereocenters. The molecule has 0 spiro atoms. The second kappa shape index (κ2) is 13.6. The number of ether oxygens (including phenoxy) is 2. The van der Waals surface area contributed by atoms with Crippen LogP contribution in [0.25, 0.3) is 0 Å². The van der Waals surface area contributed by atoms with Crippen LogP contribution in [0.15, 0.2) is 43.0 Å². The van der Waals surface area contributed by atoms with Crippen molar-refractivity contribution in [2.45, 2.75) is 72.3 Å². The van der Waals surface area contributed by atoms with Gasteiger partial charge in [-0.2, -0.15) is 0 Å². The summed E-state index contributed by atoms with van der Waals surface area (Å²) in [4.78, 5) is 28.0. The lowest BCUT2D eigenvalue weighted by molar-refractivity contribution is -0.153. The van der Waals surface area contributed by atoms with Crippen LogP contribution < -0.4 is 10.1 Å². The number of aryl methyl sites for hydroxylation is 1. The van der Waals surface area contributed by atoms with E-state index in [1.54, 1.807) is 12.5 Å². The second-order valence-electron chi connectivity index (χ2n) is 8.59. The van der Waals surface area contributed by atoms with Crippen molar-refractivity contribution >= 4 is 17.6 Å². The molecule has 0 aliphatic heterocycles. The van der Waals surface area contributed by atoms with Crippen LogP contribution in [0, 0.1) is 5.41 Å². The maximum absolute atomic E-state index is 12.1. The molecule has 0 aliphatic rings. The highest BCUT2D eigenvalue weighted by molar-refractivity contribution is 5.90. The van der Waals surface area contributed by atoms with Crippen LogP contribution in [0.2, 0.25) is 0 Å². The molecule has 1 aromatic carbocycles. The van der Waals surface area contributed by atoms with E-state index in [4.69, 9.17) is 9.47 Å². The molecule has 7 nitrogen and oxygen atoms in total. The molecule has 0 saturated carbocycles. The average Bonchev–Trinajstić information content (AvgIpc) is 3.28. The SMILES string of the molecule is CCOC(=O)C(C)(C)CCCCCOc1ccc(NC(=O)CCCCn2ccnc2)cc1. The Balaban J connectivity index is 1.56. The van der Waals surface area contributed by atoms with Crippen molar-refractivity contribution in [1.82, 2.24) is 9.55 Å². The molecule has 1 N–H and O–H groups in total. The van der Waals surface area contributed by atoms with Gasteiger partial charge in [0.15, 0.2) is 0 Å². The number of amides is 1. The van der Waals surface area contributed by atoms with Crippen LogP contribution in [0.3, 0.4) is 0 Å². The van der Waals surface area contributed by atoms with Gasteiger partial charge in [-0.1, -0.05) is 12.8 Å². The standard InChI is InChI=1S/C25H37N3O4/c1-4-31-24(30)25(2,3)15-7-5-9-19-32-22-13-11-21(12-14-22)27-23(29)10-6-8-17-28-18-16-26-20-28/h11-14,16,18,20H,4-10,15,17,19H2,1-3H3,(H,27,29). The first-order valence-corrected chi connectivity index (χ1v) is 11.6. The molecule has 7 heteroatoms. The Hall–Kier alpha value is -2.83. The van der Waals surface area contributed by atoms with Crippen molar-refractivity contribution in [1.29, 1.82) is 0 Å². The quantitative estimate of drug-likeness (QED) is 0.301. The van der Waals surface area contributed by atoms with Gasteiger partial charge in [0.05, 0.1) is 25.0 Å². The number of aromatic nitrogens is 2. The topological polar surface area (TPSA) is 82.5 Å². The Labute approximate surface area is 191 Å². The molecule has 1 amide bonds. The van der Waals surface area contributed by atoms with E-state index < -0.39 is 5.41 Å². The van der Waals surface area contributed by atoms with Crippen molar-refractivity contribution in [2.75, 3.05) is 18.5 Å². The Morgan fingerprint density at radius 1 is 1.06 bits per heavy atom. The van der Waals surface area contributed by atoms with Gasteiger partial charge in [0.25, 0.3) is 0 Å². The molecular formula is C25H37N3O4. The van der Waals surface area contributed by atoms with Crippen LogP contribution in [0.1, 0.15) is 65.7 Å². The monoisotopic (exact) mass is 443 g/mol. The number of esters is 1.